The first-order chi connectivity index (χ1) is 18.8. The Bertz CT molecular complexity index is 1170. The molecule has 1 amide bonds. The lowest BCUT2D eigenvalue weighted by Crippen LogP contribution is -2.55. The molecule has 12 heteroatoms. The number of hydrogen-bond donors (Lipinski definition) is 1. The lowest BCUT2D eigenvalue weighted by molar-refractivity contribution is -0.137. The topological polar surface area (TPSA) is 73.8 Å². The number of piperidine rings is 1. The van der Waals surface area contributed by atoms with Crippen molar-refractivity contribution in [2.24, 2.45) is 0 Å². The summed E-state index contributed by atoms with van der Waals surface area (Å²) in [6.45, 7) is 12.6. The van der Waals surface area contributed by atoms with Crippen LogP contribution in [0.3, 0.4) is 0 Å². The van der Waals surface area contributed by atoms with Gasteiger partial charge in [0.25, 0.3) is 0 Å². The summed E-state index contributed by atoms with van der Waals surface area (Å²) < 4.78 is 44.5. The van der Waals surface area contributed by atoms with Crippen molar-refractivity contribution >= 4 is 35.0 Å². The minimum absolute atomic E-state index is 0.0238. The van der Waals surface area contributed by atoms with E-state index >= 15 is 0 Å². The average molecular weight is 583 g/mol. The Balaban J connectivity index is 1.34. The number of carbonyl (C=O) groups excluding carboxylic acids is 1. The normalized spacial score (nSPS) is 17.7. The zero-order chi connectivity index (χ0) is 29.1. The van der Waals surface area contributed by atoms with Gasteiger partial charge < -0.3 is 19.9 Å². The zero-order valence-electron chi connectivity index (χ0n) is 23.5. The van der Waals surface area contributed by atoms with Crippen LogP contribution in [0.5, 0.6) is 0 Å². The molecule has 0 aliphatic carbocycles. The SMILES string of the molecule is CCCc1cc(N2CCC(N3CCN(C(=O)OC(C)(C)C)CC3)CC2)ccc1Nc1ncc(C(F)(F)F)c(Cl)n1. The second-order valence-corrected chi connectivity index (χ2v) is 11.7. The van der Waals surface area contributed by atoms with Gasteiger partial charge in [0.05, 0.1) is 0 Å². The van der Waals surface area contributed by atoms with Crippen LogP contribution in [0.1, 0.15) is 58.1 Å². The Morgan fingerprint density at radius 2 is 1.77 bits per heavy atom. The van der Waals surface area contributed by atoms with Crippen molar-refractivity contribution in [1.29, 1.82) is 0 Å². The first-order valence-corrected chi connectivity index (χ1v) is 14.2. The number of rotatable bonds is 6. The largest absolute Gasteiger partial charge is 0.444 e. The molecule has 1 N–H and O–H groups in total. The van der Waals surface area contributed by atoms with Gasteiger partial charge in [-0.3, -0.25) is 4.90 Å². The first-order valence-electron chi connectivity index (χ1n) is 13.8. The molecule has 0 unspecified atom stereocenters. The fraction of sp³-hybridized carbons (Fsp3) is 0.607. The number of anilines is 3. The van der Waals surface area contributed by atoms with Crippen LogP contribution in [0.2, 0.25) is 5.15 Å². The number of hydrogen-bond acceptors (Lipinski definition) is 7. The molecule has 4 rings (SSSR count). The third-order valence-electron chi connectivity index (χ3n) is 7.21. The number of amides is 1. The molecular weight excluding hydrogens is 545 g/mol. The number of nitrogens with zero attached hydrogens (tertiary/aromatic N) is 5. The summed E-state index contributed by atoms with van der Waals surface area (Å²) >= 11 is 5.78. The van der Waals surface area contributed by atoms with E-state index in [2.05, 4.69) is 38.1 Å². The molecule has 2 aliphatic rings. The molecule has 40 heavy (non-hydrogen) atoms. The first kappa shape index (κ1) is 30.2. The van der Waals surface area contributed by atoms with E-state index in [1.54, 1.807) is 4.90 Å². The number of halogens is 4. The minimum Gasteiger partial charge on any atom is -0.444 e. The van der Waals surface area contributed by atoms with Crippen molar-refractivity contribution in [3.8, 4) is 0 Å². The van der Waals surface area contributed by atoms with E-state index in [1.165, 1.54) is 0 Å². The van der Waals surface area contributed by atoms with E-state index < -0.39 is 22.5 Å². The predicted octanol–water partition coefficient (Wildman–Crippen LogP) is 6.37. The molecule has 2 aromatic rings. The number of aryl methyl sites for hydroxylation is 1. The highest BCUT2D eigenvalue weighted by Gasteiger charge is 2.35. The third kappa shape index (κ3) is 7.69. The van der Waals surface area contributed by atoms with E-state index in [4.69, 9.17) is 16.3 Å². The van der Waals surface area contributed by atoms with Crippen LogP contribution >= 0.6 is 11.6 Å². The summed E-state index contributed by atoms with van der Waals surface area (Å²) in [5, 5.41) is 2.41. The van der Waals surface area contributed by atoms with Crippen molar-refractivity contribution in [1.82, 2.24) is 19.8 Å². The molecule has 1 aromatic carbocycles. The van der Waals surface area contributed by atoms with Crippen molar-refractivity contribution in [3.05, 3.63) is 40.7 Å². The molecule has 2 saturated heterocycles. The molecule has 0 radical (unpaired) electrons. The van der Waals surface area contributed by atoms with Crippen molar-refractivity contribution < 1.29 is 22.7 Å². The number of piperazine rings is 1. The Morgan fingerprint density at radius 1 is 1.10 bits per heavy atom. The second-order valence-electron chi connectivity index (χ2n) is 11.3. The van der Waals surface area contributed by atoms with Gasteiger partial charge in [-0.2, -0.15) is 13.2 Å². The number of nitrogens with one attached hydrogen (secondary N) is 1. The second kappa shape index (κ2) is 12.4. The monoisotopic (exact) mass is 582 g/mol. The van der Waals surface area contributed by atoms with Crippen LogP contribution in [0, 0.1) is 0 Å². The van der Waals surface area contributed by atoms with Crippen molar-refractivity contribution in [3.63, 3.8) is 0 Å². The van der Waals surface area contributed by atoms with E-state index in [0.29, 0.717) is 25.3 Å². The molecule has 2 fully saturated rings. The highest BCUT2D eigenvalue weighted by molar-refractivity contribution is 6.30. The van der Waals surface area contributed by atoms with Gasteiger partial charge in [0.2, 0.25) is 5.95 Å². The predicted molar refractivity (Wildman–Crippen MR) is 150 cm³/mol. The number of carbonyl (C=O) groups is 1. The van der Waals surface area contributed by atoms with Gasteiger partial charge in [0.1, 0.15) is 16.3 Å². The summed E-state index contributed by atoms with van der Waals surface area (Å²) in [7, 11) is 0. The highest BCUT2D eigenvalue weighted by Crippen LogP contribution is 2.34. The number of aromatic nitrogens is 2. The third-order valence-corrected chi connectivity index (χ3v) is 7.50. The smallest absolute Gasteiger partial charge is 0.420 e. The average Bonchev–Trinajstić information content (AvgIpc) is 2.88. The van der Waals surface area contributed by atoms with Crippen LogP contribution < -0.4 is 10.2 Å². The van der Waals surface area contributed by atoms with E-state index in [9.17, 15) is 18.0 Å². The van der Waals surface area contributed by atoms with Gasteiger partial charge in [-0.1, -0.05) is 24.9 Å². The quantitative estimate of drug-likeness (QED) is 0.397. The summed E-state index contributed by atoms with van der Waals surface area (Å²) in [6, 6.07) is 6.57. The minimum atomic E-state index is -4.60. The summed E-state index contributed by atoms with van der Waals surface area (Å²) in [6.07, 6.45) is -0.371. The Morgan fingerprint density at radius 3 is 2.35 bits per heavy atom. The summed E-state index contributed by atoms with van der Waals surface area (Å²) in [5.41, 5.74) is 1.36. The lowest BCUT2D eigenvalue weighted by atomic mass is 10.0. The maximum absolute atomic E-state index is 13.0. The van der Waals surface area contributed by atoms with E-state index in [-0.39, 0.29) is 12.0 Å². The lowest BCUT2D eigenvalue weighted by Gasteiger charge is -2.43. The Kier molecular flexibility index (Phi) is 9.34. The number of benzene rings is 1. The van der Waals surface area contributed by atoms with Gasteiger partial charge in [0.15, 0.2) is 0 Å². The molecule has 220 valence electrons. The molecule has 0 saturated carbocycles. The van der Waals surface area contributed by atoms with Gasteiger partial charge in [-0.25, -0.2) is 14.8 Å². The standard InChI is InChI=1S/C28H38ClF3N6O2/c1-5-6-19-17-21(7-8-23(19)34-25-33-18-22(24(29)35-25)28(30,31)32)36-11-9-20(10-12-36)37-13-15-38(16-14-37)26(39)40-27(2,3)4/h7-8,17-18,20H,5-6,9-16H2,1-4H3,(H,33,34,35). The highest BCUT2D eigenvalue weighted by atomic mass is 35.5. The molecular formula is C28H38ClF3N6O2. The Hall–Kier alpha value is -2.79. The van der Waals surface area contributed by atoms with Gasteiger partial charge in [-0.15, -0.1) is 0 Å². The Labute approximate surface area is 238 Å². The van der Waals surface area contributed by atoms with Gasteiger partial charge in [-0.05, 0) is 63.8 Å². The van der Waals surface area contributed by atoms with Gasteiger partial charge in [0, 0.05) is 62.9 Å². The fourth-order valence-corrected chi connectivity index (χ4v) is 5.43. The van der Waals surface area contributed by atoms with Crippen molar-refractivity contribution in [2.75, 3.05) is 49.5 Å². The van der Waals surface area contributed by atoms with E-state index in [0.717, 1.165) is 68.8 Å². The maximum atomic E-state index is 13.0. The molecule has 8 nitrogen and oxygen atoms in total. The fourth-order valence-electron chi connectivity index (χ4n) is 5.19. The maximum Gasteiger partial charge on any atom is 0.420 e. The van der Waals surface area contributed by atoms with Crippen LogP contribution in [-0.2, 0) is 17.3 Å². The molecule has 0 atom stereocenters. The zero-order valence-corrected chi connectivity index (χ0v) is 24.3. The van der Waals surface area contributed by atoms with Crippen LogP contribution in [0.25, 0.3) is 0 Å². The number of alkyl halides is 3. The van der Waals surface area contributed by atoms with E-state index in [1.807, 2.05) is 32.9 Å². The molecule has 2 aliphatic heterocycles. The molecule has 3 heterocycles. The van der Waals surface area contributed by atoms with Crippen molar-refractivity contribution in [2.45, 2.75) is 71.2 Å². The summed E-state index contributed by atoms with van der Waals surface area (Å²) in [5.74, 6) is 0.0238. The van der Waals surface area contributed by atoms with Gasteiger partial charge >= 0.3 is 12.3 Å². The van der Waals surface area contributed by atoms with Crippen LogP contribution in [0.4, 0.5) is 35.3 Å². The number of ether oxygens (including phenoxy) is 1. The summed E-state index contributed by atoms with van der Waals surface area (Å²) in [4.78, 5) is 26.7. The van der Waals surface area contributed by atoms with Crippen LogP contribution in [-0.4, -0.2) is 76.8 Å². The molecule has 1 aromatic heterocycles. The molecule has 0 bridgehead atoms. The molecule has 0 spiro atoms. The van der Waals surface area contributed by atoms with Crippen LogP contribution in [0.15, 0.2) is 24.4 Å².